The average molecular weight is 1410 g/mol. The molecule has 9 heterocycles. The van der Waals surface area contributed by atoms with Crippen LogP contribution in [0.25, 0.3) is 0 Å². The van der Waals surface area contributed by atoms with Crippen LogP contribution in [0.3, 0.4) is 0 Å². The van der Waals surface area contributed by atoms with E-state index >= 15 is 0 Å². The number of aliphatic hydroxyl groups excluding tert-OH is 6. The van der Waals surface area contributed by atoms with E-state index in [4.69, 9.17) is 137 Å². The molecule has 97 heavy (non-hydrogen) atoms. The highest BCUT2D eigenvalue weighted by molar-refractivity contribution is 5.17. The second kappa shape index (κ2) is 36.0. The summed E-state index contributed by atoms with van der Waals surface area (Å²) in [7, 11) is 19.1. The Morgan fingerprint density at radius 1 is 0.320 bits per heavy atom. The lowest BCUT2D eigenvalue weighted by Crippen LogP contribution is -2.69. The van der Waals surface area contributed by atoms with Gasteiger partial charge in [-0.05, 0) is 0 Å². The zero-order valence-corrected chi connectivity index (χ0v) is 56.6. The van der Waals surface area contributed by atoms with Crippen molar-refractivity contribution in [1.29, 1.82) is 0 Å². The lowest BCUT2D eigenvalue weighted by Gasteiger charge is -2.52. The third-order valence-corrected chi connectivity index (χ3v) is 19.2. The van der Waals surface area contributed by atoms with E-state index < -0.39 is 234 Å². The molecule has 0 saturated carbocycles. The highest BCUT2D eigenvalue weighted by Gasteiger charge is 2.61. The second-order valence-corrected chi connectivity index (χ2v) is 24.6. The highest BCUT2D eigenvalue weighted by Crippen LogP contribution is 2.43. The second-order valence-electron chi connectivity index (χ2n) is 24.6. The van der Waals surface area contributed by atoms with Crippen LogP contribution in [-0.4, -0.2) is 384 Å². The van der Waals surface area contributed by atoms with Gasteiger partial charge in [0, 0.05) is 98.0 Å². The molecule has 9 aliphatic heterocycles. The predicted octanol–water partition coefficient (Wildman–Crippen LogP) is -3.97. The van der Waals surface area contributed by atoms with Gasteiger partial charge in [-0.3, -0.25) is 0 Å². The molecule has 36 atom stereocenters. The number of benzene rings is 1. The molecule has 558 valence electrons. The maximum absolute atomic E-state index is 11.7. The number of ether oxygens (including phenoxy) is 29. The zero-order valence-electron chi connectivity index (χ0n) is 56.6. The molecule has 15 unspecified atom stereocenters. The lowest BCUT2D eigenvalue weighted by molar-refractivity contribution is -0.404. The predicted molar refractivity (Wildman–Crippen MR) is 318 cm³/mol. The van der Waals surface area contributed by atoms with Crippen LogP contribution in [0.15, 0.2) is 30.3 Å². The van der Waals surface area contributed by atoms with E-state index in [9.17, 15) is 30.6 Å². The number of hydrogen-bond acceptors (Lipinski definition) is 35. The van der Waals surface area contributed by atoms with E-state index in [0.29, 0.717) is 5.56 Å². The van der Waals surface area contributed by atoms with Gasteiger partial charge in [0.25, 0.3) is 0 Å². The lowest BCUT2D eigenvalue weighted by atomic mass is 9.94. The Balaban J connectivity index is 0.806. The van der Waals surface area contributed by atoms with Crippen molar-refractivity contribution >= 4 is 0 Å². The number of hydrogen-bond donors (Lipinski definition) is 6. The molecular weight excluding hydrogens is 1300 g/mol. The summed E-state index contributed by atoms with van der Waals surface area (Å²) in [6.45, 7) is -1.53. The molecule has 9 saturated heterocycles. The number of aliphatic hydroxyl groups is 6. The Bertz CT molecular complexity index is 2450. The Labute approximate surface area is 562 Å². The molecule has 1 aromatic rings. The summed E-state index contributed by atoms with van der Waals surface area (Å²) in [6.07, 6.45) is -41.1. The maximum atomic E-state index is 11.7. The fourth-order valence-electron chi connectivity index (χ4n) is 14.5. The summed E-state index contributed by atoms with van der Waals surface area (Å²) in [6, 6.07) is 9.01. The minimum Gasteiger partial charge on any atom is -0.394 e. The van der Waals surface area contributed by atoms with Crippen LogP contribution in [0, 0.1) is 0 Å². The SMILES string of the molecule is COCC1O[C@@H](O[C@@H]2C(COC)O[C@@H](O[C@H]3C(OC)C(OC)[C@@H]4OC[C@@H]3O4)[C@@H](OC)C2OC)[C@@H](OC)C(OC)[C@@H]1O[C@@H]1O[C@@H](COC)[C@@H](O[C@H]2O[C@@H](CO)[C@@H](O[C@@H]3OC(CO)[C@@H](O[C@@H]4OC5COC(c6ccccc6)O[C@H]5[C@H](O)C4O)C(O)[C@@H]3O)C(OC)C2OC)C(OC)C1OC. The van der Waals surface area contributed by atoms with Gasteiger partial charge in [0.2, 0.25) is 0 Å². The van der Waals surface area contributed by atoms with Crippen LogP contribution < -0.4 is 0 Å². The van der Waals surface area contributed by atoms with Crippen molar-refractivity contribution in [2.24, 2.45) is 0 Å². The Kier molecular flexibility index (Phi) is 28.7. The fraction of sp³-hybridized carbons (Fsp3) is 0.903. The van der Waals surface area contributed by atoms with Gasteiger partial charge in [-0.25, -0.2) is 0 Å². The largest absolute Gasteiger partial charge is 0.394 e. The molecule has 0 amide bonds. The van der Waals surface area contributed by atoms with Crippen molar-refractivity contribution < 1.29 is 168 Å². The smallest absolute Gasteiger partial charge is 0.187 e. The number of rotatable bonds is 31. The molecule has 0 aliphatic carbocycles. The Morgan fingerprint density at radius 3 is 1.10 bits per heavy atom. The van der Waals surface area contributed by atoms with Gasteiger partial charge in [-0.2, -0.15) is 0 Å². The van der Waals surface area contributed by atoms with Gasteiger partial charge in [-0.1, -0.05) is 30.3 Å². The molecule has 6 N–H and O–H groups in total. The fourth-order valence-corrected chi connectivity index (χ4v) is 14.5. The molecule has 9 aliphatic rings. The summed E-state index contributed by atoms with van der Waals surface area (Å²) < 4.78 is 180. The molecule has 1 aromatic carbocycles. The summed E-state index contributed by atoms with van der Waals surface area (Å²) in [5.74, 6) is 0. The zero-order chi connectivity index (χ0) is 69.4. The van der Waals surface area contributed by atoms with Gasteiger partial charge in [0.15, 0.2) is 50.3 Å². The first-order valence-corrected chi connectivity index (χ1v) is 32.2. The highest BCUT2D eigenvalue weighted by atomic mass is 16.8. The van der Waals surface area contributed by atoms with E-state index in [2.05, 4.69) is 0 Å². The van der Waals surface area contributed by atoms with Crippen LogP contribution in [0.2, 0.25) is 0 Å². The standard InChI is InChI=1S/C62H100O35/c1-69-21-29-41(94-59-51(78-10)45(72-4)40(28(20-64)85-59)93-56-36(67)34(65)38(27(19-63)84-56)92-57-37(68)35(66)39-32(86-57)24-82-55(91-39)26-17-15-14-16-18-26)47(74-6)52(79-11)60(88-29)95-42-30(22-70-2)89-61(53(80-12)48(42)75-7)96-43-31(23-71-3)90-62(54(81-13)49(43)76-8)97-44-33-25-83-58(87-33)50(77-9)46(44)73-5/h14-18,27-68H,19-25H2,1-13H3/t27?,28-,29-,30?,31?,32?,33-,34?,35+,36-,37?,38+,39+,40+,41+,42+,43+,44+,45?,46?,47?,48?,49?,50?,51?,52?,53-,54-,55?,56-,57-,58+,59+,60-,61-,62-/m0/s1. The van der Waals surface area contributed by atoms with Gasteiger partial charge in [0.1, 0.15) is 171 Å². The van der Waals surface area contributed by atoms with Crippen molar-refractivity contribution in [3.8, 4) is 0 Å². The Hall–Kier alpha value is -2.18. The van der Waals surface area contributed by atoms with Crippen LogP contribution in [0.1, 0.15) is 11.9 Å². The first-order valence-electron chi connectivity index (χ1n) is 32.2. The van der Waals surface area contributed by atoms with Crippen LogP contribution in [0.5, 0.6) is 0 Å². The summed E-state index contributed by atoms with van der Waals surface area (Å²) in [4.78, 5) is 0. The van der Waals surface area contributed by atoms with Crippen molar-refractivity contribution in [3.63, 3.8) is 0 Å². The quantitative estimate of drug-likeness (QED) is 0.0413. The van der Waals surface area contributed by atoms with Gasteiger partial charge in [0.05, 0.1) is 46.2 Å². The van der Waals surface area contributed by atoms with Gasteiger partial charge >= 0.3 is 0 Å². The van der Waals surface area contributed by atoms with Crippen molar-refractivity contribution in [2.75, 3.05) is 139 Å². The normalized spacial score (nSPS) is 47.2. The van der Waals surface area contributed by atoms with Crippen molar-refractivity contribution in [1.82, 2.24) is 0 Å². The van der Waals surface area contributed by atoms with E-state index in [0.717, 1.165) is 0 Å². The minimum atomic E-state index is -1.91. The van der Waals surface area contributed by atoms with E-state index in [-0.39, 0.29) is 33.0 Å². The van der Waals surface area contributed by atoms with Crippen molar-refractivity contribution in [3.05, 3.63) is 35.9 Å². The molecule has 0 aromatic heterocycles. The summed E-state index contributed by atoms with van der Waals surface area (Å²) >= 11 is 0. The van der Waals surface area contributed by atoms with Crippen LogP contribution in [0.4, 0.5) is 0 Å². The molecule has 35 nitrogen and oxygen atoms in total. The molecule has 10 rings (SSSR count). The monoisotopic (exact) mass is 1400 g/mol. The minimum absolute atomic E-state index is 0.00760. The van der Waals surface area contributed by atoms with Crippen LogP contribution in [-0.2, 0) is 137 Å². The van der Waals surface area contributed by atoms with E-state index in [1.165, 1.54) is 85.3 Å². The van der Waals surface area contributed by atoms with Crippen molar-refractivity contribution in [2.45, 2.75) is 221 Å². The van der Waals surface area contributed by atoms with E-state index in [1.54, 1.807) is 31.4 Å². The Morgan fingerprint density at radius 2 is 0.670 bits per heavy atom. The summed E-state index contributed by atoms with van der Waals surface area (Å²) in [5.41, 5.74) is 0.685. The molecule has 0 spiro atoms. The molecular formula is C62H100O35. The first kappa shape index (κ1) is 77.4. The average Bonchev–Trinajstić information content (AvgIpc) is 1.19. The number of fused-ring (bicyclic) bond motifs is 3. The molecule has 0 radical (unpaired) electrons. The third-order valence-electron chi connectivity index (χ3n) is 19.2. The molecule has 9 fully saturated rings. The van der Waals surface area contributed by atoms with Gasteiger partial charge in [-0.15, -0.1) is 0 Å². The van der Waals surface area contributed by atoms with Crippen LogP contribution >= 0.6 is 0 Å². The topological polar surface area (TPSA) is 389 Å². The summed E-state index contributed by atoms with van der Waals surface area (Å²) in [5, 5.41) is 67.5. The number of methoxy groups -OCH3 is 13. The van der Waals surface area contributed by atoms with Gasteiger partial charge < -0.3 is 168 Å². The first-order chi connectivity index (χ1) is 47.1. The molecule has 35 heteroatoms. The van der Waals surface area contributed by atoms with E-state index in [1.807, 2.05) is 6.07 Å². The third kappa shape index (κ3) is 16.2. The molecule has 2 bridgehead atoms. The maximum Gasteiger partial charge on any atom is 0.187 e.